The van der Waals surface area contributed by atoms with Gasteiger partial charge in [0, 0.05) is 29.4 Å². The standard InChI is InChI=1S/C19H18F3N5OS/c20-19(21,22)13-5-3-12(4-6-13)17(28)25-18-24-15(11-29-18)16-2-1-9-27(16)10-14-7-8-23-26-14/h3-8,11,16H,1-2,9-10H2,(H,23,26)(H,24,25,28)/t16-/m1/s1. The third-order valence-electron chi connectivity index (χ3n) is 4.85. The van der Waals surface area contributed by atoms with E-state index in [-0.39, 0.29) is 11.6 Å². The van der Waals surface area contributed by atoms with Crippen LogP contribution >= 0.6 is 11.3 Å². The maximum Gasteiger partial charge on any atom is 0.416 e. The second-order valence-electron chi connectivity index (χ2n) is 6.82. The molecule has 0 spiro atoms. The maximum absolute atomic E-state index is 12.7. The molecule has 1 aromatic carbocycles. The average Bonchev–Trinajstić information content (AvgIpc) is 3.43. The van der Waals surface area contributed by atoms with Gasteiger partial charge in [0.1, 0.15) is 0 Å². The van der Waals surface area contributed by atoms with E-state index in [2.05, 4.69) is 25.4 Å². The first-order valence-electron chi connectivity index (χ1n) is 9.06. The Bertz CT molecular complexity index is 969. The molecule has 3 heterocycles. The lowest BCUT2D eigenvalue weighted by Gasteiger charge is -2.22. The second kappa shape index (κ2) is 7.96. The van der Waals surface area contributed by atoms with Gasteiger partial charge in [-0.3, -0.25) is 20.1 Å². The van der Waals surface area contributed by atoms with Gasteiger partial charge in [-0.2, -0.15) is 18.3 Å². The molecule has 0 saturated carbocycles. The van der Waals surface area contributed by atoms with Crippen LogP contribution in [0.1, 0.15) is 46.2 Å². The summed E-state index contributed by atoms with van der Waals surface area (Å²) < 4.78 is 38.0. The van der Waals surface area contributed by atoms with E-state index >= 15 is 0 Å². The summed E-state index contributed by atoms with van der Waals surface area (Å²) in [5.74, 6) is -0.486. The number of benzene rings is 1. The number of alkyl halides is 3. The molecular formula is C19H18F3N5OS. The Morgan fingerprint density at radius 3 is 2.76 bits per heavy atom. The predicted molar refractivity (Wildman–Crippen MR) is 102 cm³/mol. The topological polar surface area (TPSA) is 73.9 Å². The molecule has 1 fully saturated rings. The minimum absolute atomic E-state index is 0.150. The number of hydrogen-bond donors (Lipinski definition) is 2. The fraction of sp³-hybridized carbons (Fsp3) is 0.316. The van der Waals surface area contributed by atoms with E-state index in [1.807, 2.05) is 11.4 Å². The Hall–Kier alpha value is -2.72. The third-order valence-corrected chi connectivity index (χ3v) is 5.63. The van der Waals surface area contributed by atoms with Crippen LogP contribution in [0, 0.1) is 0 Å². The Morgan fingerprint density at radius 2 is 2.07 bits per heavy atom. The molecule has 4 rings (SSSR count). The van der Waals surface area contributed by atoms with Gasteiger partial charge >= 0.3 is 6.18 Å². The van der Waals surface area contributed by atoms with Gasteiger partial charge in [0.05, 0.1) is 17.3 Å². The highest BCUT2D eigenvalue weighted by atomic mass is 32.1. The van der Waals surface area contributed by atoms with Crippen LogP contribution in [0.2, 0.25) is 0 Å². The normalized spacial score (nSPS) is 17.6. The number of aromatic nitrogens is 3. The first kappa shape index (κ1) is 19.6. The lowest BCUT2D eigenvalue weighted by Crippen LogP contribution is -2.23. The van der Waals surface area contributed by atoms with E-state index in [9.17, 15) is 18.0 Å². The van der Waals surface area contributed by atoms with Crippen LogP contribution in [0.15, 0.2) is 41.9 Å². The van der Waals surface area contributed by atoms with Crippen molar-refractivity contribution in [2.24, 2.45) is 0 Å². The molecule has 1 aliphatic rings. The fourth-order valence-corrected chi connectivity index (χ4v) is 4.17. The number of hydrogen-bond acceptors (Lipinski definition) is 5. The molecule has 0 aliphatic carbocycles. The lowest BCUT2D eigenvalue weighted by molar-refractivity contribution is -0.137. The molecule has 2 aromatic heterocycles. The summed E-state index contributed by atoms with van der Waals surface area (Å²) in [5.41, 5.74) is 1.28. The van der Waals surface area contributed by atoms with E-state index in [1.165, 1.54) is 11.3 Å². The smallest absolute Gasteiger partial charge is 0.298 e. The van der Waals surface area contributed by atoms with Crippen LogP contribution in [0.3, 0.4) is 0 Å². The molecule has 1 atom stereocenters. The van der Waals surface area contributed by atoms with Crippen molar-refractivity contribution < 1.29 is 18.0 Å². The molecule has 29 heavy (non-hydrogen) atoms. The summed E-state index contributed by atoms with van der Waals surface area (Å²) in [6.07, 6.45) is -0.672. The fourth-order valence-electron chi connectivity index (χ4n) is 3.42. The molecule has 1 amide bonds. The predicted octanol–water partition coefficient (Wildman–Crippen LogP) is 4.47. The summed E-state index contributed by atoms with van der Waals surface area (Å²) in [6, 6.07) is 6.21. The van der Waals surface area contributed by atoms with Crippen molar-refractivity contribution in [3.8, 4) is 0 Å². The summed E-state index contributed by atoms with van der Waals surface area (Å²) in [4.78, 5) is 19.2. The highest BCUT2D eigenvalue weighted by molar-refractivity contribution is 7.14. The minimum Gasteiger partial charge on any atom is -0.298 e. The van der Waals surface area contributed by atoms with E-state index < -0.39 is 17.6 Å². The molecule has 1 aliphatic heterocycles. The second-order valence-corrected chi connectivity index (χ2v) is 7.68. The van der Waals surface area contributed by atoms with Crippen molar-refractivity contribution in [2.45, 2.75) is 31.6 Å². The van der Waals surface area contributed by atoms with Crippen LogP contribution in [-0.2, 0) is 12.7 Å². The number of aromatic amines is 1. The summed E-state index contributed by atoms with van der Waals surface area (Å²) in [7, 11) is 0. The molecule has 6 nitrogen and oxygen atoms in total. The number of H-pyrrole nitrogens is 1. The highest BCUT2D eigenvalue weighted by Crippen LogP contribution is 2.34. The van der Waals surface area contributed by atoms with Crippen LogP contribution < -0.4 is 5.32 Å². The Balaban J connectivity index is 1.41. The van der Waals surface area contributed by atoms with Crippen molar-refractivity contribution in [2.75, 3.05) is 11.9 Å². The number of carbonyl (C=O) groups excluding carboxylic acids is 1. The molecule has 0 radical (unpaired) electrons. The molecule has 0 bridgehead atoms. The van der Waals surface area contributed by atoms with Crippen molar-refractivity contribution in [3.05, 3.63) is 64.4 Å². The summed E-state index contributed by atoms with van der Waals surface area (Å²) in [5, 5.41) is 12.0. The lowest BCUT2D eigenvalue weighted by atomic mass is 10.1. The highest BCUT2D eigenvalue weighted by Gasteiger charge is 2.30. The number of anilines is 1. The molecule has 1 saturated heterocycles. The molecule has 2 N–H and O–H groups in total. The van der Waals surface area contributed by atoms with Gasteiger partial charge in [-0.1, -0.05) is 0 Å². The van der Waals surface area contributed by atoms with E-state index in [0.29, 0.717) is 5.13 Å². The van der Waals surface area contributed by atoms with Crippen LogP contribution in [0.4, 0.5) is 18.3 Å². The monoisotopic (exact) mass is 421 g/mol. The zero-order valence-corrected chi connectivity index (χ0v) is 16.1. The molecule has 3 aromatic rings. The summed E-state index contributed by atoms with van der Waals surface area (Å²) in [6.45, 7) is 1.70. The zero-order valence-electron chi connectivity index (χ0n) is 15.2. The van der Waals surface area contributed by atoms with Crippen LogP contribution in [0.5, 0.6) is 0 Å². The Labute approximate surface area is 168 Å². The summed E-state index contributed by atoms with van der Waals surface area (Å²) >= 11 is 1.31. The van der Waals surface area contributed by atoms with E-state index in [1.54, 1.807) is 6.20 Å². The van der Waals surface area contributed by atoms with Crippen molar-refractivity contribution in [1.29, 1.82) is 0 Å². The van der Waals surface area contributed by atoms with Gasteiger partial charge in [0.25, 0.3) is 5.91 Å². The number of amides is 1. The van der Waals surface area contributed by atoms with E-state index in [0.717, 1.165) is 61.6 Å². The van der Waals surface area contributed by atoms with Gasteiger partial charge in [-0.15, -0.1) is 11.3 Å². The van der Waals surface area contributed by atoms with Gasteiger partial charge < -0.3 is 0 Å². The zero-order chi connectivity index (χ0) is 20.4. The quantitative estimate of drug-likeness (QED) is 0.637. The largest absolute Gasteiger partial charge is 0.416 e. The average molecular weight is 421 g/mol. The number of thiazole rings is 1. The van der Waals surface area contributed by atoms with Gasteiger partial charge in [0.15, 0.2) is 5.13 Å². The maximum atomic E-state index is 12.7. The van der Waals surface area contributed by atoms with Gasteiger partial charge in [0.2, 0.25) is 0 Å². The molecular weight excluding hydrogens is 403 g/mol. The van der Waals surface area contributed by atoms with Crippen LogP contribution in [-0.4, -0.2) is 32.5 Å². The molecule has 10 heteroatoms. The number of nitrogens with one attached hydrogen (secondary N) is 2. The van der Waals surface area contributed by atoms with Crippen molar-refractivity contribution in [3.63, 3.8) is 0 Å². The Morgan fingerprint density at radius 1 is 1.28 bits per heavy atom. The molecule has 152 valence electrons. The van der Waals surface area contributed by atoms with Gasteiger partial charge in [-0.05, 0) is 49.7 Å². The third kappa shape index (κ3) is 4.48. The minimum atomic E-state index is -4.43. The van der Waals surface area contributed by atoms with E-state index in [4.69, 9.17) is 0 Å². The van der Waals surface area contributed by atoms with Crippen molar-refractivity contribution in [1.82, 2.24) is 20.1 Å². The number of carbonyl (C=O) groups is 1. The van der Waals surface area contributed by atoms with Crippen molar-refractivity contribution >= 4 is 22.4 Å². The Kier molecular flexibility index (Phi) is 5.37. The van der Waals surface area contributed by atoms with Gasteiger partial charge in [-0.25, -0.2) is 4.98 Å². The number of nitrogens with zero attached hydrogens (tertiary/aromatic N) is 3. The van der Waals surface area contributed by atoms with Crippen LogP contribution in [0.25, 0.3) is 0 Å². The first-order valence-corrected chi connectivity index (χ1v) is 9.94. The SMILES string of the molecule is O=C(Nc1nc([C@H]2CCCN2Cc2ccn[nH]2)cs1)c1ccc(C(F)(F)F)cc1. The number of halogens is 3. The first-order chi connectivity index (χ1) is 13.9. The number of rotatable bonds is 5. The number of likely N-dealkylation sites (tertiary alicyclic amines) is 1. The molecule has 0 unspecified atom stereocenters.